The molecule has 1 saturated heterocycles. The van der Waals surface area contributed by atoms with Gasteiger partial charge < -0.3 is 9.64 Å². The second kappa shape index (κ2) is 7.70. The number of ether oxygens (including phenoxy) is 1. The van der Waals surface area contributed by atoms with Gasteiger partial charge in [0, 0.05) is 25.7 Å². The highest BCUT2D eigenvalue weighted by Gasteiger charge is 2.38. The van der Waals surface area contributed by atoms with Crippen LogP contribution in [0.15, 0.2) is 29.1 Å². The van der Waals surface area contributed by atoms with Crippen LogP contribution in [-0.2, 0) is 23.2 Å². The summed E-state index contributed by atoms with van der Waals surface area (Å²) in [6.45, 7) is 3.14. The van der Waals surface area contributed by atoms with E-state index in [4.69, 9.17) is 10.00 Å². The van der Waals surface area contributed by atoms with Crippen LogP contribution in [0.5, 0.6) is 5.88 Å². The van der Waals surface area contributed by atoms with E-state index in [9.17, 15) is 17.6 Å². The smallest absolute Gasteiger partial charge is 0.352 e. The molecule has 2 aliphatic heterocycles. The lowest BCUT2D eigenvalue weighted by Gasteiger charge is -2.37. The largest absolute Gasteiger partial charge is 0.473 e. The summed E-state index contributed by atoms with van der Waals surface area (Å²) in [5, 5.41) is 8.93. The molecule has 0 aliphatic carbocycles. The van der Waals surface area contributed by atoms with Crippen LogP contribution in [0, 0.1) is 17.1 Å². The predicted octanol–water partition coefficient (Wildman–Crippen LogP) is 0.687. The molecule has 1 fully saturated rings. The molecule has 0 saturated carbocycles. The molecule has 0 N–H and O–H groups in total. The van der Waals surface area contributed by atoms with Gasteiger partial charge in [0.1, 0.15) is 24.3 Å². The van der Waals surface area contributed by atoms with E-state index in [1.807, 2.05) is 4.90 Å². The molecule has 4 rings (SSSR count). The number of sulfonamides is 1. The third-order valence-electron chi connectivity index (χ3n) is 5.40. The Bertz CT molecular complexity index is 1190. The molecule has 2 aliphatic rings. The van der Waals surface area contributed by atoms with Gasteiger partial charge in [-0.3, -0.25) is 4.57 Å². The molecule has 1 atom stereocenters. The molecule has 0 amide bonds. The van der Waals surface area contributed by atoms with Crippen molar-refractivity contribution in [2.75, 3.05) is 30.3 Å². The lowest BCUT2D eigenvalue weighted by atomic mass is 10.1. The molecule has 30 heavy (non-hydrogen) atoms. The van der Waals surface area contributed by atoms with Crippen molar-refractivity contribution >= 4 is 15.8 Å². The van der Waals surface area contributed by atoms with Gasteiger partial charge in [0.15, 0.2) is 0 Å². The van der Waals surface area contributed by atoms with E-state index in [2.05, 4.69) is 4.98 Å². The molecule has 2 aromatic rings. The summed E-state index contributed by atoms with van der Waals surface area (Å²) in [7, 11) is -3.28. The van der Waals surface area contributed by atoms with Crippen LogP contribution in [0.1, 0.15) is 18.1 Å². The highest BCUT2D eigenvalue weighted by atomic mass is 32.2. The Kier molecular flexibility index (Phi) is 5.21. The van der Waals surface area contributed by atoms with Crippen LogP contribution in [0.2, 0.25) is 0 Å². The van der Waals surface area contributed by atoms with E-state index < -0.39 is 21.5 Å². The SMILES string of the molecule is CCS(=O)(=O)N1CCN2c3cc(OCc4ccc(F)c(C#N)c4)nc(=O)n3CC2C1. The molecule has 1 aromatic heterocycles. The van der Waals surface area contributed by atoms with Crippen molar-refractivity contribution in [1.29, 1.82) is 5.26 Å². The molecule has 9 nitrogen and oxygen atoms in total. The number of anilines is 1. The molecule has 0 bridgehead atoms. The monoisotopic (exact) mass is 433 g/mol. The minimum absolute atomic E-state index is 0.0246. The van der Waals surface area contributed by atoms with Gasteiger partial charge in [-0.1, -0.05) is 6.07 Å². The first kappa shape index (κ1) is 20.3. The maximum absolute atomic E-state index is 13.5. The number of piperazine rings is 1. The van der Waals surface area contributed by atoms with Crippen molar-refractivity contribution in [2.45, 2.75) is 26.1 Å². The van der Waals surface area contributed by atoms with E-state index in [1.165, 1.54) is 27.1 Å². The molecule has 158 valence electrons. The number of nitrogens with zero attached hydrogens (tertiary/aromatic N) is 5. The standard InChI is InChI=1S/C19H20FN5O4S/c1-2-30(27,28)23-5-6-24-15(10-23)11-25-18(24)8-17(22-19(25)26)29-12-13-3-4-16(20)14(7-13)9-21/h3-4,7-8,15H,2,5-6,10-12H2,1H3. The van der Waals surface area contributed by atoms with Gasteiger partial charge in [-0.25, -0.2) is 17.6 Å². The Hall–Kier alpha value is -2.97. The Labute approximate surface area is 173 Å². The fourth-order valence-corrected chi connectivity index (χ4v) is 4.92. The van der Waals surface area contributed by atoms with E-state index in [-0.39, 0.29) is 29.8 Å². The van der Waals surface area contributed by atoms with Gasteiger partial charge in [-0.2, -0.15) is 14.6 Å². The number of benzene rings is 1. The van der Waals surface area contributed by atoms with Gasteiger partial charge in [0.2, 0.25) is 15.9 Å². The first-order chi connectivity index (χ1) is 14.3. The second-order valence-electron chi connectivity index (χ2n) is 7.17. The summed E-state index contributed by atoms with van der Waals surface area (Å²) in [5.74, 6) is 0.201. The maximum Gasteiger partial charge on any atom is 0.352 e. The van der Waals surface area contributed by atoms with E-state index in [0.29, 0.717) is 37.6 Å². The number of hydrogen-bond acceptors (Lipinski definition) is 7. The Morgan fingerprint density at radius 1 is 1.30 bits per heavy atom. The van der Waals surface area contributed by atoms with Crippen LogP contribution in [-0.4, -0.2) is 53.7 Å². The lowest BCUT2D eigenvalue weighted by molar-refractivity contribution is 0.291. The summed E-state index contributed by atoms with van der Waals surface area (Å²) in [6.07, 6.45) is 0. The van der Waals surface area contributed by atoms with E-state index in [1.54, 1.807) is 19.1 Å². The third kappa shape index (κ3) is 3.64. The number of nitriles is 1. The highest BCUT2D eigenvalue weighted by molar-refractivity contribution is 7.89. The van der Waals surface area contributed by atoms with Crippen LogP contribution in [0.3, 0.4) is 0 Å². The summed E-state index contributed by atoms with van der Waals surface area (Å²) < 4.78 is 46.4. The molecule has 1 unspecified atom stereocenters. The van der Waals surface area contributed by atoms with Crippen molar-refractivity contribution in [3.8, 4) is 11.9 Å². The first-order valence-electron chi connectivity index (χ1n) is 9.50. The first-order valence-corrected chi connectivity index (χ1v) is 11.1. The van der Waals surface area contributed by atoms with E-state index >= 15 is 0 Å². The molecule has 3 heterocycles. The van der Waals surface area contributed by atoms with Crippen LogP contribution in [0.4, 0.5) is 10.2 Å². The summed E-state index contributed by atoms with van der Waals surface area (Å²) in [4.78, 5) is 18.4. The molecular formula is C19H20FN5O4S. The van der Waals surface area contributed by atoms with Crippen LogP contribution in [0.25, 0.3) is 0 Å². The Morgan fingerprint density at radius 3 is 2.83 bits per heavy atom. The molecular weight excluding hydrogens is 413 g/mol. The molecule has 11 heteroatoms. The van der Waals surface area contributed by atoms with Crippen LogP contribution < -0.4 is 15.3 Å². The van der Waals surface area contributed by atoms with Crippen molar-refractivity contribution in [3.05, 3.63) is 51.7 Å². The molecule has 0 radical (unpaired) electrons. The van der Waals surface area contributed by atoms with Gasteiger partial charge in [-0.05, 0) is 24.6 Å². The Morgan fingerprint density at radius 2 is 2.10 bits per heavy atom. The zero-order chi connectivity index (χ0) is 21.5. The maximum atomic E-state index is 13.5. The molecule has 1 aromatic carbocycles. The summed E-state index contributed by atoms with van der Waals surface area (Å²) in [6, 6.07) is 7.37. The molecule has 0 spiro atoms. The number of rotatable bonds is 5. The normalized spacial score (nSPS) is 18.6. The zero-order valence-electron chi connectivity index (χ0n) is 16.3. The quantitative estimate of drug-likeness (QED) is 0.682. The van der Waals surface area contributed by atoms with Gasteiger partial charge in [0.25, 0.3) is 0 Å². The minimum atomic E-state index is -3.28. The van der Waals surface area contributed by atoms with E-state index in [0.717, 1.165) is 0 Å². The van der Waals surface area contributed by atoms with Crippen LogP contribution >= 0.6 is 0 Å². The fraction of sp³-hybridized carbons (Fsp3) is 0.421. The summed E-state index contributed by atoms with van der Waals surface area (Å²) in [5.41, 5.74) is 0.0195. The van der Waals surface area contributed by atoms with Crippen molar-refractivity contribution in [1.82, 2.24) is 13.9 Å². The average molecular weight is 433 g/mol. The topological polar surface area (TPSA) is 109 Å². The van der Waals surface area contributed by atoms with Crippen molar-refractivity contribution in [2.24, 2.45) is 0 Å². The van der Waals surface area contributed by atoms with Gasteiger partial charge in [0.05, 0.1) is 23.9 Å². The number of halogens is 1. The minimum Gasteiger partial charge on any atom is -0.473 e. The number of hydrogen-bond donors (Lipinski definition) is 0. The zero-order valence-corrected chi connectivity index (χ0v) is 17.1. The number of aromatic nitrogens is 2. The summed E-state index contributed by atoms with van der Waals surface area (Å²) >= 11 is 0. The third-order valence-corrected chi connectivity index (χ3v) is 7.24. The van der Waals surface area contributed by atoms with Gasteiger partial charge >= 0.3 is 5.69 Å². The number of fused-ring (bicyclic) bond motifs is 3. The highest BCUT2D eigenvalue weighted by Crippen LogP contribution is 2.30. The predicted molar refractivity (Wildman–Crippen MR) is 106 cm³/mol. The second-order valence-corrected chi connectivity index (χ2v) is 9.42. The van der Waals surface area contributed by atoms with Crippen molar-refractivity contribution in [3.63, 3.8) is 0 Å². The van der Waals surface area contributed by atoms with Crippen molar-refractivity contribution < 1.29 is 17.5 Å². The lowest BCUT2D eigenvalue weighted by Crippen LogP contribution is -2.53. The Balaban J connectivity index is 1.52. The average Bonchev–Trinajstić information content (AvgIpc) is 3.11. The van der Waals surface area contributed by atoms with Gasteiger partial charge in [-0.15, -0.1) is 0 Å². The fourth-order valence-electron chi connectivity index (χ4n) is 3.79.